The predicted molar refractivity (Wildman–Crippen MR) is 46.5 cm³/mol. The molecule has 7 nitrogen and oxygen atoms in total. The van der Waals surface area contributed by atoms with Gasteiger partial charge in [0, 0.05) is 12.5 Å². The lowest BCUT2D eigenvalue weighted by Crippen LogP contribution is -2.12. The highest BCUT2D eigenvalue weighted by Gasteiger charge is 2.20. The first-order valence-corrected chi connectivity index (χ1v) is 5.27. The van der Waals surface area contributed by atoms with Gasteiger partial charge in [0.25, 0.3) is 0 Å². The van der Waals surface area contributed by atoms with Gasteiger partial charge in [-0.2, -0.15) is 0 Å². The Labute approximate surface area is 79.5 Å². The van der Waals surface area contributed by atoms with Crippen LogP contribution in [0.5, 0.6) is 0 Å². The number of carboxylic acid groups (broad SMARTS) is 1. The summed E-state index contributed by atoms with van der Waals surface area (Å²) in [5.41, 5.74) is 4.66. The first-order valence-electron chi connectivity index (χ1n) is 3.38. The van der Waals surface area contributed by atoms with Gasteiger partial charge in [0.05, 0.1) is 0 Å². The summed E-state index contributed by atoms with van der Waals surface area (Å²) in [6, 6.07) is 0. The van der Waals surface area contributed by atoms with E-state index in [-0.39, 0.29) is 5.95 Å². The van der Waals surface area contributed by atoms with Crippen molar-refractivity contribution in [2.45, 2.75) is 5.03 Å². The first-order chi connectivity index (χ1) is 6.32. The van der Waals surface area contributed by atoms with E-state index in [1.807, 2.05) is 0 Å². The van der Waals surface area contributed by atoms with E-state index in [4.69, 9.17) is 10.8 Å². The van der Waals surface area contributed by atoms with Crippen molar-refractivity contribution in [2.75, 3.05) is 12.0 Å². The van der Waals surface area contributed by atoms with Gasteiger partial charge in [-0.05, 0) is 0 Å². The zero-order valence-corrected chi connectivity index (χ0v) is 7.95. The second-order valence-electron chi connectivity index (χ2n) is 2.52. The van der Waals surface area contributed by atoms with Crippen molar-refractivity contribution in [1.82, 2.24) is 9.97 Å². The number of sulfone groups is 1. The first kappa shape index (κ1) is 10.4. The van der Waals surface area contributed by atoms with Crippen LogP contribution in [-0.2, 0) is 9.84 Å². The number of nitrogen functional groups attached to an aromatic ring is 1. The highest BCUT2D eigenvalue weighted by Crippen LogP contribution is 2.12. The van der Waals surface area contributed by atoms with E-state index in [2.05, 4.69) is 9.97 Å². The summed E-state index contributed by atoms with van der Waals surface area (Å²) in [6.07, 6.45) is 1.71. The number of aromatic carboxylic acids is 1. The Kier molecular flexibility index (Phi) is 2.39. The largest absolute Gasteiger partial charge is 0.478 e. The van der Waals surface area contributed by atoms with Gasteiger partial charge >= 0.3 is 5.97 Å². The fraction of sp³-hybridized carbons (Fsp3) is 0.167. The second kappa shape index (κ2) is 3.22. The summed E-state index contributed by atoms with van der Waals surface area (Å²) in [5.74, 6) is -1.69. The lowest BCUT2D eigenvalue weighted by Gasteiger charge is -2.02. The molecule has 0 radical (unpaired) electrons. The molecule has 0 spiro atoms. The van der Waals surface area contributed by atoms with Gasteiger partial charge < -0.3 is 10.8 Å². The van der Waals surface area contributed by atoms with E-state index in [0.29, 0.717) is 0 Å². The van der Waals surface area contributed by atoms with Gasteiger partial charge in [0.1, 0.15) is 5.56 Å². The van der Waals surface area contributed by atoms with Crippen molar-refractivity contribution in [3.05, 3.63) is 11.8 Å². The summed E-state index contributed by atoms with van der Waals surface area (Å²) >= 11 is 0. The molecule has 1 heterocycles. The van der Waals surface area contributed by atoms with Crippen LogP contribution >= 0.6 is 0 Å². The van der Waals surface area contributed by atoms with Gasteiger partial charge in [-0.1, -0.05) is 0 Å². The fourth-order valence-corrected chi connectivity index (χ4v) is 1.61. The number of aromatic nitrogens is 2. The monoisotopic (exact) mass is 217 g/mol. The van der Waals surface area contributed by atoms with Crippen LogP contribution in [0.1, 0.15) is 10.4 Å². The zero-order chi connectivity index (χ0) is 10.9. The summed E-state index contributed by atoms with van der Waals surface area (Å²) in [5, 5.41) is 8.06. The molecule has 0 fully saturated rings. The normalized spacial score (nSPS) is 11.2. The maximum Gasteiger partial charge on any atom is 0.340 e. The average molecular weight is 217 g/mol. The third kappa shape index (κ3) is 1.96. The van der Waals surface area contributed by atoms with Crippen LogP contribution in [0.4, 0.5) is 5.95 Å². The molecule has 0 aliphatic heterocycles. The van der Waals surface area contributed by atoms with E-state index in [9.17, 15) is 13.2 Å². The molecule has 76 valence electrons. The number of carbonyl (C=O) groups is 1. The third-order valence-corrected chi connectivity index (χ3v) is 2.37. The summed E-state index contributed by atoms with van der Waals surface area (Å²) < 4.78 is 22.2. The molecule has 0 unspecified atom stereocenters. The number of nitrogens with two attached hydrogens (primary N) is 1. The summed E-state index contributed by atoms with van der Waals surface area (Å²) in [6.45, 7) is 0. The van der Waals surface area contributed by atoms with E-state index in [0.717, 1.165) is 12.5 Å². The minimum Gasteiger partial charge on any atom is -0.478 e. The van der Waals surface area contributed by atoms with Crippen LogP contribution < -0.4 is 5.73 Å². The molecular formula is C6H7N3O4S. The van der Waals surface area contributed by atoms with Crippen molar-refractivity contribution in [2.24, 2.45) is 0 Å². The minimum atomic E-state index is -3.71. The molecular weight excluding hydrogens is 210 g/mol. The number of anilines is 1. The zero-order valence-electron chi connectivity index (χ0n) is 7.13. The van der Waals surface area contributed by atoms with Crippen molar-refractivity contribution >= 4 is 21.8 Å². The van der Waals surface area contributed by atoms with Crippen LogP contribution in [0.25, 0.3) is 0 Å². The van der Waals surface area contributed by atoms with E-state index in [1.165, 1.54) is 0 Å². The lowest BCUT2D eigenvalue weighted by atomic mass is 10.3. The number of hydrogen-bond acceptors (Lipinski definition) is 6. The molecule has 0 bridgehead atoms. The molecule has 1 aromatic rings. The molecule has 0 aliphatic rings. The molecule has 0 aliphatic carbocycles. The number of carboxylic acids is 1. The molecule has 8 heteroatoms. The Morgan fingerprint density at radius 2 is 2.14 bits per heavy atom. The van der Waals surface area contributed by atoms with Gasteiger partial charge in [0.2, 0.25) is 5.95 Å². The summed E-state index contributed by atoms with van der Waals surface area (Å²) in [4.78, 5) is 17.4. The Balaban J connectivity index is 3.54. The topological polar surface area (TPSA) is 123 Å². The second-order valence-corrected chi connectivity index (χ2v) is 4.46. The molecule has 0 amide bonds. The number of hydrogen-bond donors (Lipinski definition) is 2. The van der Waals surface area contributed by atoms with Crippen molar-refractivity contribution in [3.8, 4) is 0 Å². The molecule has 0 saturated carbocycles. The van der Waals surface area contributed by atoms with Gasteiger partial charge in [-0.25, -0.2) is 23.2 Å². The average Bonchev–Trinajstić information content (AvgIpc) is 2.01. The maximum atomic E-state index is 11.1. The SMILES string of the molecule is CS(=O)(=O)c1nc(N)ncc1C(=O)O. The Bertz CT molecular complexity index is 482. The van der Waals surface area contributed by atoms with Crippen molar-refractivity contribution < 1.29 is 18.3 Å². The molecule has 1 aromatic heterocycles. The van der Waals surface area contributed by atoms with E-state index >= 15 is 0 Å². The highest BCUT2D eigenvalue weighted by molar-refractivity contribution is 7.90. The molecule has 1 rings (SSSR count). The van der Waals surface area contributed by atoms with Crippen LogP contribution in [0, 0.1) is 0 Å². The molecule has 0 saturated heterocycles. The standard InChI is InChI=1S/C6H7N3O4S/c1-14(12,13)4-3(5(10)11)2-8-6(7)9-4/h2H,1H3,(H,10,11)(H2,7,8,9). The van der Waals surface area contributed by atoms with Gasteiger partial charge in [-0.15, -0.1) is 0 Å². The number of rotatable bonds is 2. The van der Waals surface area contributed by atoms with Crippen molar-refractivity contribution in [1.29, 1.82) is 0 Å². The summed E-state index contributed by atoms with van der Waals surface area (Å²) in [7, 11) is -3.71. The van der Waals surface area contributed by atoms with Crippen LogP contribution in [0.2, 0.25) is 0 Å². The molecule has 3 N–H and O–H groups in total. The van der Waals surface area contributed by atoms with E-state index < -0.39 is 26.4 Å². The van der Waals surface area contributed by atoms with E-state index in [1.54, 1.807) is 0 Å². The molecule has 0 aromatic carbocycles. The fourth-order valence-electron chi connectivity index (χ4n) is 0.808. The quantitative estimate of drug-likeness (QED) is 0.619. The molecule has 0 atom stereocenters. The Morgan fingerprint density at radius 3 is 2.57 bits per heavy atom. The third-order valence-electron chi connectivity index (χ3n) is 1.35. The Morgan fingerprint density at radius 1 is 1.57 bits per heavy atom. The highest BCUT2D eigenvalue weighted by atomic mass is 32.2. The van der Waals surface area contributed by atoms with Crippen LogP contribution in [0.15, 0.2) is 11.2 Å². The van der Waals surface area contributed by atoms with Crippen LogP contribution in [0.3, 0.4) is 0 Å². The van der Waals surface area contributed by atoms with Gasteiger partial charge in [0.15, 0.2) is 14.9 Å². The smallest absolute Gasteiger partial charge is 0.340 e. The number of nitrogens with zero attached hydrogens (tertiary/aromatic N) is 2. The predicted octanol–water partition coefficient (Wildman–Crippen LogP) is -0.840. The van der Waals surface area contributed by atoms with Gasteiger partial charge in [-0.3, -0.25) is 0 Å². The van der Waals surface area contributed by atoms with Crippen molar-refractivity contribution in [3.63, 3.8) is 0 Å². The molecule has 14 heavy (non-hydrogen) atoms. The van der Waals surface area contributed by atoms with Crippen LogP contribution in [-0.4, -0.2) is 35.7 Å². The lowest BCUT2D eigenvalue weighted by molar-refractivity contribution is 0.0691. The minimum absolute atomic E-state index is 0.282. The Hall–Kier alpha value is -1.70. The maximum absolute atomic E-state index is 11.1.